The molecular formula is C13H18BrN3S. The highest BCUT2D eigenvalue weighted by Crippen LogP contribution is 2.25. The number of halogens is 1. The average Bonchev–Trinajstić information content (AvgIpc) is 2.95. The number of hydrogen-bond donors (Lipinski definition) is 1. The van der Waals surface area contributed by atoms with Crippen LogP contribution in [-0.2, 0) is 13.1 Å². The molecule has 18 heavy (non-hydrogen) atoms. The van der Waals surface area contributed by atoms with E-state index in [4.69, 9.17) is 0 Å². The molecule has 3 nitrogen and oxygen atoms in total. The lowest BCUT2D eigenvalue weighted by Gasteiger charge is -2.04. The van der Waals surface area contributed by atoms with Gasteiger partial charge in [0.25, 0.3) is 0 Å². The summed E-state index contributed by atoms with van der Waals surface area (Å²) in [5.41, 5.74) is 0. The van der Waals surface area contributed by atoms with Crippen molar-refractivity contribution in [1.82, 2.24) is 14.9 Å². The number of aryl methyl sites for hydroxylation is 2. The summed E-state index contributed by atoms with van der Waals surface area (Å²) in [6, 6.07) is 2.21. The van der Waals surface area contributed by atoms with Gasteiger partial charge in [-0.3, -0.25) is 0 Å². The SMILES string of the molecule is Cc1sc(CNCCCCn2ccnc2)cc1Br. The first-order chi connectivity index (χ1) is 8.75. The maximum Gasteiger partial charge on any atom is 0.0945 e. The molecule has 0 amide bonds. The van der Waals surface area contributed by atoms with E-state index in [9.17, 15) is 0 Å². The normalized spacial score (nSPS) is 11.0. The van der Waals surface area contributed by atoms with Crippen molar-refractivity contribution in [1.29, 1.82) is 0 Å². The Labute approximate surface area is 120 Å². The molecule has 0 aliphatic heterocycles. The van der Waals surface area contributed by atoms with E-state index in [1.165, 1.54) is 27.1 Å². The molecule has 2 rings (SSSR count). The summed E-state index contributed by atoms with van der Waals surface area (Å²) in [6.07, 6.45) is 8.11. The highest BCUT2D eigenvalue weighted by atomic mass is 79.9. The zero-order valence-corrected chi connectivity index (χ0v) is 12.9. The Morgan fingerprint density at radius 3 is 3.00 bits per heavy atom. The molecule has 2 aromatic heterocycles. The van der Waals surface area contributed by atoms with Crippen LogP contribution in [0.1, 0.15) is 22.6 Å². The highest BCUT2D eigenvalue weighted by molar-refractivity contribution is 9.10. The number of unbranched alkanes of at least 4 members (excludes halogenated alkanes) is 1. The van der Waals surface area contributed by atoms with Gasteiger partial charge in [-0.05, 0) is 48.3 Å². The molecule has 2 aromatic rings. The standard InChI is InChI=1S/C13H18BrN3S/c1-11-13(14)8-12(18-11)9-15-4-2-3-6-17-7-5-16-10-17/h5,7-8,10,15H,2-4,6,9H2,1H3. The van der Waals surface area contributed by atoms with Gasteiger partial charge in [-0.1, -0.05) is 0 Å². The van der Waals surface area contributed by atoms with E-state index >= 15 is 0 Å². The summed E-state index contributed by atoms with van der Waals surface area (Å²) in [5.74, 6) is 0. The fraction of sp³-hybridized carbons (Fsp3) is 0.462. The molecule has 0 spiro atoms. The number of nitrogens with one attached hydrogen (secondary N) is 1. The third-order valence-corrected chi connectivity index (χ3v) is 4.92. The van der Waals surface area contributed by atoms with Gasteiger partial charge in [0.15, 0.2) is 0 Å². The minimum absolute atomic E-state index is 0.974. The topological polar surface area (TPSA) is 29.9 Å². The van der Waals surface area contributed by atoms with Crippen molar-refractivity contribution in [3.05, 3.63) is 39.0 Å². The molecule has 0 bridgehead atoms. The Hall–Kier alpha value is -0.650. The van der Waals surface area contributed by atoms with E-state index in [-0.39, 0.29) is 0 Å². The highest BCUT2D eigenvalue weighted by Gasteiger charge is 2.01. The van der Waals surface area contributed by atoms with Crippen LogP contribution in [0, 0.1) is 6.92 Å². The molecule has 0 atom stereocenters. The molecule has 1 N–H and O–H groups in total. The van der Waals surface area contributed by atoms with E-state index in [0.717, 1.165) is 19.6 Å². The molecule has 0 aliphatic carbocycles. The van der Waals surface area contributed by atoms with Gasteiger partial charge in [0.1, 0.15) is 0 Å². The molecule has 0 saturated heterocycles. The van der Waals surface area contributed by atoms with Gasteiger partial charge in [0, 0.05) is 39.7 Å². The summed E-state index contributed by atoms with van der Waals surface area (Å²) in [6.45, 7) is 5.25. The molecule has 0 saturated carbocycles. The van der Waals surface area contributed by atoms with Crippen molar-refractivity contribution in [2.45, 2.75) is 32.9 Å². The van der Waals surface area contributed by atoms with E-state index < -0.39 is 0 Å². The van der Waals surface area contributed by atoms with E-state index in [2.05, 4.69) is 43.8 Å². The minimum atomic E-state index is 0.974. The van der Waals surface area contributed by atoms with Gasteiger partial charge in [0.2, 0.25) is 0 Å². The monoisotopic (exact) mass is 327 g/mol. The van der Waals surface area contributed by atoms with E-state index in [1.54, 1.807) is 0 Å². The minimum Gasteiger partial charge on any atom is -0.337 e. The molecule has 98 valence electrons. The molecule has 0 unspecified atom stereocenters. The molecular weight excluding hydrogens is 310 g/mol. The van der Waals surface area contributed by atoms with Crippen LogP contribution in [0.15, 0.2) is 29.3 Å². The van der Waals surface area contributed by atoms with Crippen molar-refractivity contribution in [2.75, 3.05) is 6.54 Å². The quantitative estimate of drug-likeness (QED) is 0.787. The summed E-state index contributed by atoms with van der Waals surface area (Å²) < 4.78 is 3.35. The second-order valence-corrected chi connectivity index (χ2v) is 6.50. The maximum absolute atomic E-state index is 4.03. The van der Waals surface area contributed by atoms with Crippen molar-refractivity contribution in [3.63, 3.8) is 0 Å². The molecule has 0 fully saturated rings. The fourth-order valence-corrected chi connectivity index (χ4v) is 3.35. The molecule has 5 heteroatoms. The number of nitrogens with zero attached hydrogens (tertiary/aromatic N) is 2. The van der Waals surface area contributed by atoms with Crippen LogP contribution >= 0.6 is 27.3 Å². The van der Waals surface area contributed by atoms with Crippen molar-refractivity contribution >= 4 is 27.3 Å². The number of hydrogen-bond acceptors (Lipinski definition) is 3. The van der Waals surface area contributed by atoms with Gasteiger partial charge < -0.3 is 9.88 Å². The summed E-state index contributed by atoms with van der Waals surface area (Å²) in [5, 5.41) is 3.49. The first-order valence-electron chi connectivity index (χ1n) is 6.17. The van der Waals surface area contributed by atoms with Gasteiger partial charge >= 0.3 is 0 Å². The van der Waals surface area contributed by atoms with E-state index in [1.807, 2.05) is 30.1 Å². The van der Waals surface area contributed by atoms with Crippen LogP contribution in [-0.4, -0.2) is 16.1 Å². The number of imidazole rings is 1. The molecule has 0 aliphatic rings. The molecule has 2 heterocycles. The third-order valence-electron chi connectivity index (χ3n) is 2.79. The van der Waals surface area contributed by atoms with Crippen LogP contribution in [0.2, 0.25) is 0 Å². The number of thiophene rings is 1. The summed E-state index contributed by atoms with van der Waals surface area (Å²) in [4.78, 5) is 6.78. The van der Waals surface area contributed by atoms with Crippen molar-refractivity contribution in [3.8, 4) is 0 Å². The van der Waals surface area contributed by atoms with Crippen LogP contribution in [0.3, 0.4) is 0 Å². The summed E-state index contributed by atoms with van der Waals surface area (Å²) >= 11 is 5.40. The first-order valence-corrected chi connectivity index (χ1v) is 7.78. The number of rotatable bonds is 7. The zero-order valence-electron chi connectivity index (χ0n) is 10.5. The predicted octanol–water partition coefficient (Wildman–Crippen LogP) is 3.59. The first kappa shape index (κ1) is 13.8. The van der Waals surface area contributed by atoms with Crippen molar-refractivity contribution < 1.29 is 0 Å². The van der Waals surface area contributed by atoms with Crippen LogP contribution in [0.4, 0.5) is 0 Å². The largest absolute Gasteiger partial charge is 0.337 e. The lowest BCUT2D eigenvalue weighted by Crippen LogP contribution is -2.14. The zero-order chi connectivity index (χ0) is 12.8. The lowest BCUT2D eigenvalue weighted by atomic mass is 10.3. The van der Waals surface area contributed by atoms with Gasteiger partial charge in [-0.25, -0.2) is 4.98 Å². The van der Waals surface area contributed by atoms with Crippen molar-refractivity contribution in [2.24, 2.45) is 0 Å². The second kappa shape index (κ2) is 7.07. The smallest absolute Gasteiger partial charge is 0.0945 e. The van der Waals surface area contributed by atoms with Crippen LogP contribution < -0.4 is 5.32 Å². The molecule has 0 radical (unpaired) electrons. The Bertz CT molecular complexity index is 445. The summed E-state index contributed by atoms with van der Waals surface area (Å²) in [7, 11) is 0. The fourth-order valence-electron chi connectivity index (χ4n) is 1.78. The predicted molar refractivity (Wildman–Crippen MR) is 79.9 cm³/mol. The van der Waals surface area contributed by atoms with Gasteiger partial charge in [-0.15, -0.1) is 11.3 Å². The van der Waals surface area contributed by atoms with Crippen LogP contribution in [0.5, 0.6) is 0 Å². The third kappa shape index (κ3) is 4.23. The maximum atomic E-state index is 4.03. The Kier molecular flexibility index (Phi) is 5.41. The van der Waals surface area contributed by atoms with Gasteiger partial charge in [0.05, 0.1) is 6.33 Å². The Balaban J connectivity index is 1.56. The lowest BCUT2D eigenvalue weighted by molar-refractivity contribution is 0.570. The molecule has 0 aromatic carbocycles. The van der Waals surface area contributed by atoms with E-state index in [0.29, 0.717) is 0 Å². The second-order valence-electron chi connectivity index (χ2n) is 4.30. The van der Waals surface area contributed by atoms with Gasteiger partial charge in [-0.2, -0.15) is 0 Å². The Morgan fingerprint density at radius 2 is 2.33 bits per heavy atom. The average molecular weight is 328 g/mol. The Morgan fingerprint density at radius 1 is 1.44 bits per heavy atom. The van der Waals surface area contributed by atoms with Crippen LogP contribution in [0.25, 0.3) is 0 Å². The number of aromatic nitrogens is 2.